The van der Waals surface area contributed by atoms with E-state index in [1.165, 1.54) is 37.3 Å². The third-order valence-electron chi connectivity index (χ3n) is 6.38. The molecule has 1 fully saturated rings. The molecule has 0 spiro atoms. The van der Waals surface area contributed by atoms with Gasteiger partial charge in [-0.15, -0.1) is 11.3 Å². The van der Waals surface area contributed by atoms with Crippen LogP contribution in [0, 0.1) is 0 Å². The number of hydrogen-bond donors (Lipinski definition) is 0. The fourth-order valence-corrected chi connectivity index (χ4v) is 5.46. The van der Waals surface area contributed by atoms with Crippen LogP contribution in [0.1, 0.15) is 25.3 Å². The van der Waals surface area contributed by atoms with E-state index in [1.54, 1.807) is 18.0 Å². The van der Waals surface area contributed by atoms with Crippen molar-refractivity contribution in [1.29, 1.82) is 0 Å². The van der Waals surface area contributed by atoms with Crippen molar-refractivity contribution >= 4 is 21.6 Å². The zero-order valence-corrected chi connectivity index (χ0v) is 20.4. The summed E-state index contributed by atoms with van der Waals surface area (Å²) < 4.78 is 13.6. The fraction of sp³-hybridized carbons (Fsp3) is 0.333. The van der Waals surface area contributed by atoms with Crippen LogP contribution in [0.15, 0.2) is 59.7 Å². The number of likely N-dealkylation sites (tertiary alicyclic amines) is 1. The van der Waals surface area contributed by atoms with Crippen molar-refractivity contribution in [1.82, 2.24) is 14.5 Å². The Bertz CT molecular complexity index is 1340. The minimum Gasteiger partial charge on any atom is -0.497 e. The molecule has 0 atom stereocenters. The molecule has 0 amide bonds. The molecule has 0 saturated carbocycles. The summed E-state index contributed by atoms with van der Waals surface area (Å²) in [5.41, 5.74) is 3.60. The van der Waals surface area contributed by atoms with Crippen molar-refractivity contribution in [3.8, 4) is 27.6 Å². The van der Waals surface area contributed by atoms with Gasteiger partial charge in [-0.3, -0.25) is 14.3 Å². The van der Waals surface area contributed by atoms with E-state index in [-0.39, 0.29) is 5.56 Å². The molecule has 3 heterocycles. The lowest BCUT2D eigenvalue weighted by atomic mass is 10.1. The predicted molar refractivity (Wildman–Crippen MR) is 138 cm³/mol. The average Bonchev–Trinajstić information content (AvgIpc) is 3.55. The first-order chi connectivity index (χ1) is 16.7. The van der Waals surface area contributed by atoms with Crippen LogP contribution in [0.5, 0.6) is 11.5 Å². The molecule has 34 heavy (non-hydrogen) atoms. The Balaban J connectivity index is 1.40. The van der Waals surface area contributed by atoms with E-state index >= 15 is 0 Å². The van der Waals surface area contributed by atoms with Gasteiger partial charge in [0.1, 0.15) is 29.1 Å². The highest BCUT2D eigenvalue weighted by Crippen LogP contribution is 2.32. The van der Waals surface area contributed by atoms with Gasteiger partial charge in [-0.05, 0) is 92.0 Å². The van der Waals surface area contributed by atoms with E-state index in [9.17, 15) is 4.79 Å². The van der Waals surface area contributed by atoms with Crippen molar-refractivity contribution in [2.24, 2.45) is 0 Å². The Morgan fingerprint density at radius 1 is 1.06 bits per heavy atom. The highest BCUT2D eigenvalue weighted by Gasteiger charge is 2.14. The Morgan fingerprint density at radius 3 is 2.59 bits per heavy atom. The van der Waals surface area contributed by atoms with E-state index in [0.717, 1.165) is 51.7 Å². The third kappa shape index (κ3) is 4.58. The predicted octanol–water partition coefficient (Wildman–Crippen LogP) is 5.16. The molecule has 2 aromatic carbocycles. The van der Waals surface area contributed by atoms with E-state index in [4.69, 9.17) is 9.47 Å². The molecule has 7 heteroatoms. The lowest BCUT2D eigenvalue weighted by Crippen LogP contribution is -2.25. The highest BCUT2D eigenvalue weighted by atomic mass is 32.1. The first-order valence-corrected chi connectivity index (χ1v) is 12.6. The summed E-state index contributed by atoms with van der Waals surface area (Å²) in [5.74, 6) is 1.70. The normalized spacial score (nSPS) is 14.1. The number of rotatable bonds is 8. The molecule has 0 aliphatic carbocycles. The molecular formula is C27H29N3O3S. The quantitative estimate of drug-likeness (QED) is 0.352. The second-order valence-electron chi connectivity index (χ2n) is 8.52. The summed E-state index contributed by atoms with van der Waals surface area (Å²) in [5, 5.41) is 0. The number of thiophene rings is 1. The molecule has 4 aromatic rings. The maximum atomic E-state index is 13.4. The van der Waals surface area contributed by atoms with Crippen LogP contribution in [0.25, 0.3) is 26.3 Å². The summed E-state index contributed by atoms with van der Waals surface area (Å²) >= 11 is 1.47. The van der Waals surface area contributed by atoms with Crippen LogP contribution < -0.4 is 15.0 Å². The molecule has 6 nitrogen and oxygen atoms in total. The van der Waals surface area contributed by atoms with Crippen molar-refractivity contribution in [2.45, 2.75) is 26.2 Å². The molecule has 2 aromatic heterocycles. The molecule has 1 saturated heterocycles. The van der Waals surface area contributed by atoms with Crippen molar-refractivity contribution in [3.05, 3.63) is 70.8 Å². The molecule has 176 valence electrons. The number of aromatic nitrogens is 2. The van der Waals surface area contributed by atoms with Gasteiger partial charge in [-0.2, -0.15) is 0 Å². The van der Waals surface area contributed by atoms with Gasteiger partial charge in [-0.1, -0.05) is 6.92 Å². The van der Waals surface area contributed by atoms with Gasteiger partial charge in [0.15, 0.2) is 0 Å². The van der Waals surface area contributed by atoms with Gasteiger partial charge in [0, 0.05) is 11.4 Å². The standard InChI is InChI=1S/C27H29N3O3S/c1-3-19-16-21(8-11-24(19)33-15-14-29-12-4-5-13-29)30-18-28-23-17-25(34-26(23)27(30)31)20-6-9-22(32-2)10-7-20/h6-11,16-18H,3-5,12-15H2,1-2H3. The third-order valence-corrected chi connectivity index (χ3v) is 7.54. The van der Waals surface area contributed by atoms with Crippen LogP contribution >= 0.6 is 11.3 Å². The molecule has 0 radical (unpaired) electrons. The van der Waals surface area contributed by atoms with Crippen LogP contribution in [-0.4, -0.2) is 47.8 Å². The minimum atomic E-state index is -0.0560. The number of benzene rings is 2. The number of aryl methyl sites for hydroxylation is 1. The molecule has 0 bridgehead atoms. The van der Waals surface area contributed by atoms with Crippen LogP contribution in [0.3, 0.4) is 0 Å². The second kappa shape index (κ2) is 9.99. The smallest absolute Gasteiger partial charge is 0.275 e. The van der Waals surface area contributed by atoms with Crippen LogP contribution in [-0.2, 0) is 6.42 Å². The van der Waals surface area contributed by atoms with Gasteiger partial charge in [-0.25, -0.2) is 4.98 Å². The molecule has 5 rings (SSSR count). The molecule has 0 unspecified atom stereocenters. The van der Waals surface area contributed by atoms with Crippen LogP contribution in [0.2, 0.25) is 0 Å². The van der Waals surface area contributed by atoms with Crippen molar-refractivity contribution in [2.75, 3.05) is 33.4 Å². The number of hydrogen-bond acceptors (Lipinski definition) is 6. The maximum Gasteiger partial charge on any atom is 0.275 e. The minimum absolute atomic E-state index is 0.0560. The zero-order valence-electron chi connectivity index (χ0n) is 19.6. The molecule has 0 N–H and O–H groups in total. The molecular weight excluding hydrogens is 446 g/mol. The number of ether oxygens (including phenoxy) is 2. The molecule has 1 aliphatic heterocycles. The van der Waals surface area contributed by atoms with Gasteiger partial charge in [0.25, 0.3) is 5.56 Å². The summed E-state index contributed by atoms with van der Waals surface area (Å²) in [6.07, 6.45) is 5.03. The lowest BCUT2D eigenvalue weighted by molar-refractivity contribution is 0.236. The van der Waals surface area contributed by atoms with Gasteiger partial charge in [0.05, 0.1) is 18.3 Å². The largest absolute Gasteiger partial charge is 0.497 e. The lowest BCUT2D eigenvalue weighted by Gasteiger charge is -2.17. The first-order valence-electron chi connectivity index (χ1n) is 11.8. The van der Waals surface area contributed by atoms with Gasteiger partial charge >= 0.3 is 0 Å². The maximum absolute atomic E-state index is 13.4. The average molecular weight is 476 g/mol. The summed E-state index contributed by atoms with van der Waals surface area (Å²) in [6, 6.07) is 15.8. The Labute approximate surface area is 203 Å². The second-order valence-corrected chi connectivity index (χ2v) is 9.57. The number of nitrogens with zero attached hydrogens (tertiary/aromatic N) is 3. The van der Waals surface area contributed by atoms with E-state index < -0.39 is 0 Å². The first kappa shape index (κ1) is 22.6. The van der Waals surface area contributed by atoms with Crippen LogP contribution in [0.4, 0.5) is 0 Å². The topological polar surface area (TPSA) is 56.6 Å². The number of methoxy groups -OCH3 is 1. The zero-order chi connectivity index (χ0) is 23.5. The van der Waals surface area contributed by atoms with Crippen molar-refractivity contribution in [3.63, 3.8) is 0 Å². The summed E-state index contributed by atoms with van der Waals surface area (Å²) in [6.45, 7) is 6.09. The Morgan fingerprint density at radius 2 is 1.85 bits per heavy atom. The van der Waals surface area contributed by atoms with E-state index in [1.807, 2.05) is 48.5 Å². The number of fused-ring (bicyclic) bond motifs is 1. The summed E-state index contributed by atoms with van der Waals surface area (Å²) in [7, 11) is 1.65. The molecule has 1 aliphatic rings. The summed E-state index contributed by atoms with van der Waals surface area (Å²) in [4.78, 5) is 21.4. The Hall–Kier alpha value is -3.16. The Kier molecular flexibility index (Phi) is 6.65. The van der Waals surface area contributed by atoms with Crippen molar-refractivity contribution < 1.29 is 9.47 Å². The fourth-order valence-electron chi connectivity index (χ4n) is 4.42. The highest BCUT2D eigenvalue weighted by molar-refractivity contribution is 7.22. The monoisotopic (exact) mass is 475 g/mol. The van der Waals surface area contributed by atoms with E-state index in [0.29, 0.717) is 11.3 Å². The van der Waals surface area contributed by atoms with Gasteiger partial charge in [0.2, 0.25) is 0 Å². The SMILES string of the molecule is CCc1cc(-n2cnc3cc(-c4ccc(OC)cc4)sc3c2=O)ccc1OCCN1CCCC1. The van der Waals surface area contributed by atoms with E-state index in [2.05, 4.69) is 16.8 Å². The van der Waals surface area contributed by atoms with Gasteiger partial charge < -0.3 is 9.47 Å².